The van der Waals surface area contributed by atoms with Crippen LogP contribution in [-0.2, 0) is 0 Å². The highest BCUT2D eigenvalue weighted by atomic mass is 16.3. The molecule has 16 heavy (non-hydrogen) atoms. The lowest BCUT2D eigenvalue weighted by atomic mass is 10.1. The molecule has 0 amide bonds. The molecule has 1 aromatic heterocycles. The second-order valence-corrected chi connectivity index (χ2v) is 3.91. The van der Waals surface area contributed by atoms with Gasteiger partial charge in [0.2, 0.25) is 0 Å². The minimum absolute atomic E-state index is 0.401. The normalized spacial score (nSPS) is 12.7. The Balaban J connectivity index is 2.42. The van der Waals surface area contributed by atoms with E-state index in [2.05, 4.69) is 15.5 Å². The highest BCUT2D eigenvalue weighted by Gasteiger charge is 2.06. The van der Waals surface area contributed by atoms with Gasteiger partial charge in [-0.05, 0) is 13.8 Å². The van der Waals surface area contributed by atoms with Gasteiger partial charge < -0.3 is 10.4 Å². The molecule has 0 spiro atoms. The number of nitrogens with zero attached hydrogens (tertiary/aromatic N) is 2. The van der Waals surface area contributed by atoms with Crippen LogP contribution >= 0.6 is 0 Å². The van der Waals surface area contributed by atoms with Crippen molar-refractivity contribution in [3.05, 3.63) is 30.0 Å². The molecular weight excluding hydrogens is 202 g/mol. The predicted octanol–water partition coefficient (Wildman–Crippen LogP) is 1.73. The number of hydrogen-bond acceptors (Lipinski definition) is 4. The lowest BCUT2D eigenvalue weighted by Crippen LogP contribution is -2.16. The van der Waals surface area contributed by atoms with E-state index >= 15 is 0 Å². The molecule has 0 aliphatic carbocycles. The zero-order valence-corrected chi connectivity index (χ0v) is 9.44. The SMILES string of the molecule is Cc1nnc(NCC(C)O)c2ccccc12. The van der Waals surface area contributed by atoms with Gasteiger partial charge in [-0.3, -0.25) is 0 Å². The number of nitrogens with one attached hydrogen (secondary N) is 1. The van der Waals surface area contributed by atoms with Crippen molar-refractivity contribution >= 4 is 16.6 Å². The molecule has 1 aromatic carbocycles. The second-order valence-electron chi connectivity index (χ2n) is 3.91. The smallest absolute Gasteiger partial charge is 0.156 e. The molecule has 1 atom stereocenters. The van der Waals surface area contributed by atoms with Crippen molar-refractivity contribution in [2.75, 3.05) is 11.9 Å². The molecule has 2 aromatic rings. The maximum atomic E-state index is 9.23. The first-order chi connectivity index (χ1) is 7.68. The average Bonchev–Trinajstić information content (AvgIpc) is 2.28. The van der Waals surface area contributed by atoms with Gasteiger partial charge in [0, 0.05) is 17.3 Å². The van der Waals surface area contributed by atoms with Crippen molar-refractivity contribution in [2.24, 2.45) is 0 Å². The molecule has 0 radical (unpaired) electrons. The standard InChI is InChI=1S/C12H15N3O/c1-8(16)7-13-12-11-6-4-3-5-10(11)9(2)14-15-12/h3-6,8,16H,7H2,1-2H3,(H,13,15). The van der Waals surface area contributed by atoms with Gasteiger partial charge in [-0.15, -0.1) is 5.10 Å². The maximum absolute atomic E-state index is 9.23. The van der Waals surface area contributed by atoms with Crippen molar-refractivity contribution < 1.29 is 5.11 Å². The molecule has 4 heteroatoms. The van der Waals surface area contributed by atoms with Crippen molar-refractivity contribution in [1.82, 2.24) is 10.2 Å². The van der Waals surface area contributed by atoms with Gasteiger partial charge in [0.25, 0.3) is 0 Å². The minimum Gasteiger partial charge on any atom is -0.392 e. The van der Waals surface area contributed by atoms with Crippen LogP contribution in [-0.4, -0.2) is 28.0 Å². The topological polar surface area (TPSA) is 58.0 Å². The van der Waals surface area contributed by atoms with Gasteiger partial charge in [-0.2, -0.15) is 5.10 Å². The third-order valence-corrected chi connectivity index (χ3v) is 2.44. The van der Waals surface area contributed by atoms with E-state index in [1.807, 2.05) is 31.2 Å². The Morgan fingerprint density at radius 2 is 1.94 bits per heavy atom. The van der Waals surface area contributed by atoms with Crippen molar-refractivity contribution in [1.29, 1.82) is 0 Å². The number of aryl methyl sites for hydroxylation is 1. The fraction of sp³-hybridized carbons (Fsp3) is 0.333. The van der Waals surface area contributed by atoms with E-state index in [0.29, 0.717) is 6.54 Å². The van der Waals surface area contributed by atoms with Crippen molar-refractivity contribution in [3.8, 4) is 0 Å². The number of benzene rings is 1. The summed E-state index contributed by atoms with van der Waals surface area (Å²) in [6.45, 7) is 4.15. The summed E-state index contributed by atoms with van der Waals surface area (Å²) in [6, 6.07) is 7.97. The van der Waals surface area contributed by atoms with Crippen LogP contribution in [0.15, 0.2) is 24.3 Å². The van der Waals surface area contributed by atoms with Crippen LogP contribution in [0.4, 0.5) is 5.82 Å². The lowest BCUT2D eigenvalue weighted by Gasteiger charge is -2.10. The average molecular weight is 217 g/mol. The summed E-state index contributed by atoms with van der Waals surface area (Å²) >= 11 is 0. The molecule has 2 N–H and O–H groups in total. The Kier molecular flexibility index (Phi) is 3.01. The molecule has 2 rings (SSSR count). The number of rotatable bonds is 3. The van der Waals surface area contributed by atoms with Crippen LogP contribution in [0.5, 0.6) is 0 Å². The molecule has 4 nitrogen and oxygen atoms in total. The number of fused-ring (bicyclic) bond motifs is 1. The third kappa shape index (κ3) is 2.12. The quantitative estimate of drug-likeness (QED) is 0.822. The molecule has 1 heterocycles. The van der Waals surface area contributed by atoms with Crippen LogP contribution in [0, 0.1) is 6.92 Å². The van der Waals surface area contributed by atoms with Gasteiger partial charge in [0.1, 0.15) is 0 Å². The number of anilines is 1. The Morgan fingerprint density at radius 1 is 1.25 bits per heavy atom. The number of aromatic nitrogens is 2. The van der Waals surface area contributed by atoms with E-state index in [1.165, 1.54) is 0 Å². The van der Waals surface area contributed by atoms with E-state index < -0.39 is 6.10 Å². The van der Waals surface area contributed by atoms with Crippen LogP contribution in [0.2, 0.25) is 0 Å². The highest BCUT2D eigenvalue weighted by Crippen LogP contribution is 2.21. The number of aliphatic hydroxyl groups excluding tert-OH is 1. The van der Waals surface area contributed by atoms with Gasteiger partial charge in [-0.1, -0.05) is 24.3 Å². The van der Waals surface area contributed by atoms with Crippen molar-refractivity contribution in [3.63, 3.8) is 0 Å². The largest absolute Gasteiger partial charge is 0.392 e. The molecule has 0 fully saturated rings. The zero-order chi connectivity index (χ0) is 11.5. The number of hydrogen-bond donors (Lipinski definition) is 2. The fourth-order valence-corrected chi connectivity index (χ4v) is 1.61. The molecule has 0 saturated carbocycles. The van der Waals surface area contributed by atoms with Gasteiger partial charge in [0.15, 0.2) is 5.82 Å². The van der Waals surface area contributed by atoms with Gasteiger partial charge in [-0.25, -0.2) is 0 Å². The van der Waals surface area contributed by atoms with E-state index in [4.69, 9.17) is 0 Å². The summed E-state index contributed by atoms with van der Waals surface area (Å²) in [5, 5.41) is 22.6. The lowest BCUT2D eigenvalue weighted by molar-refractivity contribution is 0.208. The van der Waals surface area contributed by atoms with E-state index in [9.17, 15) is 5.11 Å². The Bertz CT molecular complexity index is 497. The monoisotopic (exact) mass is 217 g/mol. The van der Waals surface area contributed by atoms with E-state index in [1.54, 1.807) is 6.92 Å². The zero-order valence-electron chi connectivity index (χ0n) is 9.44. The Hall–Kier alpha value is -1.68. The minimum atomic E-state index is -0.401. The summed E-state index contributed by atoms with van der Waals surface area (Å²) in [5.74, 6) is 0.724. The number of aliphatic hydroxyl groups is 1. The first-order valence-corrected chi connectivity index (χ1v) is 5.32. The summed E-state index contributed by atoms with van der Waals surface area (Å²) in [6.07, 6.45) is -0.401. The highest BCUT2D eigenvalue weighted by molar-refractivity contribution is 5.92. The summed E-state index contributed by atoms with van der Waals surface area (Å²) in [5.41, 5.74) is 0.915. The van der Waals surface area contributed by atoms with Crippen LogP contribution in [0.1, 0.15) is 12.6 Å². The molecule has 1 unspecified atom stereocenters. The van der Waals surface area contributed by atoms with Crippen molar-refractivity contribution in [2.45, 2.75) is 20.0 Å². The molecule has 0 aliphatic rings. The van der Waals surface area contributed by atoms with E-state index in [0.717, 1.165) is 22.3 Å². The van der Waals surface area contributed by atoms with Gasteiger partial charge in [0.05, 0.1) is 11.8 Å². The molecule has 0 aliphatic heterocycles. The predicted molar refractivity (Wildman–Crippen MR) is 64.4 cm³/mol. The Labute approximate surface area is 94.3 Å². The second kappa shape index (κ2) is 4.45. The maximum Gasteiger partial charge on any atom is 0.156 e. The van der Waals surface area contributed by atoms with Crippen LogP contribution < -0.4 is 5.32 Å². The van der Waals surface area contributed by atoms with Crippen LogP contribution in [0.25, 0.3) is 10.8 Å². The summed E-state index contributed by atoms with van der Waals surface area (Å²) in [4.78, 5) is 0. The third-order valence-electron chi connectivity index (χ3n) is 2.44. The summed E-state index contributed by atoms with van der Waals surface area (Å²) in [7, 11) is 0. The Morgan fingerprint density at radius 3 is 2.62 bits per heavy atom. The van der Waals surface area contributed by atoms with Gasteiger partial charge >= 0.3 is 0 Å². The molecule has 0 saturated heterocycles. The first-order valence-electron chi connectivity index (χ1n) is 5.32. The first kappa shape index (κ1) is 10.8. The molecule has 84 valence electrons. The molecule has 0 bridgehead atoms. The molecular formula is C12H15N3O. The van der Waals surface area contributed by atoms with E-state index in [-0.39, 0.29) is 0 Å². The summed E-state index contributed by atoms with van der Waals surface area (Å²) < 4.78 is 0. The van der Waals surface area contributed by atoms with Crippen LogP contribution in [0.3, 0.4) is 0 Å². The fourth-order valence-electron chi connectivity index (χ4n) is 1.61.